The van der Waals surface area contributed by atoms with Crippen LogP contribution in [0.3, 0.4) is 0 Å². The highest BCUT2D eigenvalue weighted by molar-refractivity contribution is 7.89. The Morgan fingerprint density at radius 3 is 2.58 bits per heavy atom. The fourth-order valence-corrected chi connectivity index (χ4v) is 3.57. The third-order valence-electron chi connectivity index (χ3n) is 4.54. The fraction of sp³-hybridized carbons (Fsp3) is 0.227. The highest BCUT2D eigenvalue weighted by Gasteiger charge is 2.16. The molecule has 1 aromatic heterocycles. The number of nitrogens with one attached hydrogen (secondary N) is 2. The highest BCUT2D eigenvalue weighted by Crippen LogP contribution is 2.22. The zero-order valence-corrected chi connectivity index (χ0v) is 19.1. The average molecular weight is 472 g/mol. The van der Waals surface area contributed by atoms with Crippen LogP contribution in [0.25, 0.3) is 11.3 Å². The number of nitrogens with two attached hydrogens (primary N) is 1. The summed E-state index contributed by atoms with van der Waals surface area (Å²) in [7, 11) is -2.22. The molecule has 0 spiro atoms. The van der Waals surface area contributed by atoms with Gasteiger partial charge in [0.15, 0.2) is 11.5 Å². The summed E-state index contributed by atoms with van der Waals surface area (Å²) < 4.78 is 36.9. The highest BCUT2D eigenvalue weighted by atomic mass is 32.2. The number of hydrogen-bond acceptors (Lipinski definition) is 8. The zero-order valence-electron chi connectivity index (χ0n) is 18.2. The molecule has 0 radical (unpaired) electrons. The van der Waals surface area contributed by atoms with E-state index in [2.05, 4.69) is 20.0 Å². The van der Waals surface area contributed by atoms with Crippen LogP contribution in [0.4, 0.5) is 11.5 Å². The van der Waals surface area contributed by atoms with E-state index in [1.807, 2.05) is 6.92 Å². The molecule has 2 aromatic carbocycles. The van der Waals surface area contributed by atoms with Crippen molar-refractivity contribution in [2.75, 3.05) is 37.9 Å². The number of sulfonamides is 1. The Morgan fingerprint density at radius 2 is 1.88 bits per heavy atom. The van der Waals surface area contributed by atoms with Gasteiger partial charge < -0.3 is 20.5 Å². The molecule has 0 saturated carbocycles. The number of ether oxygens (including phenoxy) is 2. The third-order valence-corrected chi connectivity index (χ3v) is 5.97. The molecule has 1 heterocycles. The Balaban J connectivity index is 1.76. The summed E-state index contributed by atoms with van der Waals surface area (Å²) in [6.45, 7) is 3.37. The van der Waals surface area contributed by atoms with E-state index in [1.54, 1.807) is 36.4 Å². The molecule has 0 atom stereocenters. The van der Waals surface area contributed by atoms with Crippen LogP contribution in [0, 0.1) is 0 Å². The summed E-state index contributed by atoms with van der Waals surface area (Å²) in [5, 5.41) is 2.74. The Hall–Kier alpha value is -3.54. The Morgan fingerprint density at radius 1 is 1.12 bits per heavy atom. The number of anilines is 2. The smallest absolute Gasteiger partial charge is 0.278 e. The van der Waals surface area contributed by atoms with E-state index in [0.29, 0.717) is 42.5 Å². The van der Waals surface area contributed by atoms with Gasteiger partial charge >= 0.3 is 0 Å². The van der Waals surface area contributed by atoms with Gasteiger partial charge in [0.05, 0.1) is 23.4 Å². The zero-order chi connectivity index (χ0) is 23.8. The predicted octanol–water partition coefficient (Wildman–Crippen LogP) is 2.30. The molecule has 11 heteroatoms. The minimum Gasteiger partial charge on any atom is -0.491 e. The van der Waals surface area contributed by atoms with Crippen molar-refractivity contribution in [1.82, 2.24) is 14.7 Å². The van der Waals surface area contributed by atoms with Crippen LogP contribution < -0.4 is 20.5 Å². The third kappa shape index (κ3) is 6.25. The molecule has 0 aliphatic heterocycles. The van der Waals surface area contributed by atoms with Gasteiger partial charge in [0.1, 0.15) is 12.4 Å². The van der Waals surface area contributed by atoms with Gasteiger partial charge in [-0.05, 0) is 38.2 Å². The predicted molar refractivity (Wildman–Crippen MR) is 125 cm³/mol. The molecule has 3 aromatic rings. The Kier molecular flexibility index (Phi) is 7.93. The van der Waals surface area contributed by atoms with Gasteiger partial charge in [-0.1, -0.05) is 18.2 Å². The molecule has 0 unspecified atom stereocenters. The van der Waals surface area contributed by atoms with Crippen LogP contribution in [-0.2, 0) is 14.8 Å². The molecular formula is C22H25N5O5S. The molecule has 0 aliphatic carbocycles. The van der Waals surface area contributed by atoms with Crippen molar-refractivity contribution in [2.24, 2.45) is 0 Å². The SMILES string of the molecule is CCOCCOc1cccc(NC(=O)c2nc(-c3ccc(S(=O)(=O)NC)cc3)cnc2N)c1. The molecule has 1 amide bonds. The van der Waals surface area contributed by atoms with Crippen LogP contribution in [0.5, 0.6) is 5.75 Å². The van der Waals surface area contributed by atoms with Crippen molar-refractivity contribution < 1.29 is 22.7 Å². The van der Waals surface area contributed by atoms with Crippen molar-refractivity contribution in [3.63, 3.8) is 0 Å². The molecule has 0 saturated heterocycles. The van der Waals surface area contributed by atoms with Crippen molar-refractivity contribution in [3.8, 4) is 17.0 Å². The molecule has 0 aliphatic rings. The van der Waals surface area contributed by atoms with Gasteiger partial charge in [-0.25, -0.2) is 23.1 Å². The van der Waals surface area contributed by atoms with Crippen LogP contribution in [0.15, 0.2) is 59.6 Å². The second-order valence-electron chi connectivity index (χ2n) is 6.75. The van der Waals surface area contributed by atoms with Gasteiger partial charge in [-0.15, -0.1) is 0 Å². The fourth-order valence-electron chi connectivity index (χ4n) is 2.84. The van der Waals surface area contributed by atoms with Gasteiger partial charge in [-0.3, -0.25) is 4.79 Å². The van der Waals surface area contributed by atoms with Crippen LogP contribution in [0.2, 0.25) is 0 Å². The van der Waals surface area contributed by atoms with Crippen molar-refractivity contribution in [3.05, 3.63) is 60.4 Å². The molecule has 4 N–H and O–H groups in total. The normalized spacial score (nSPS) is 11.2. The number of hydrogen-bond donors (Lipinski definition) is 3. The van der Waals surface area contributed by atoms with E-state index in [0.717, 1.165) is 0 Å². The van der Waals surface area contributed by atoms with Gasteiger partial charge in [0.25, 0.3) is 5.91 Å². The average Bonchev–Trinajstić information content (AvgIpc) is 2.82. The maximum Gasteiger partial charge on any atom is 0.278 e. The lowest BCUT2D eigenvalue weighted by Gasteiger charge is -2.11. The Bertz CT molecular complexity index is 1220. The number of carbonyl (C=O) groups excluding carboxylic acids is 1. The number of nitrogens with zero attached hydrogens (tertiary/aromatic N) is 2. The molecule has 174 valence electrons. The van der Waals surface area contributed by atoms with E-state index < -0.39 is 15.9 Å². The number of amides is 1. The monoisotopic (exact) mass is 471 g/mol. The lowest BCUT2D eigenvalue weighted by atomic mass is 10.1. The minimum absolute atomic E-state index is 0.0326. The number of nitrogen functional groups attached to an aromatic ring is 1. The first-order valence-corrected chi connectivity index (χ1v) is 11.6. The number of carbonyl (C=O) groups is 1. The van der Waals surface area contributed by atoms with Gasteiger partial charge in [0.2, 0.25) is 10.0 Å². The molecule has 0 fully saturated rings. The van der Waals surface area contributed by atoms with E-state index in [4.69, 9.17) is 15.2 Å². The number of aromatic nitrogens is 2. The first-order chi connectivity index (χ1) is 15.8. The van der Waals surface area contributed by atoms with Crippen molar-refractivity contribution in [2.45, 2.75) is 11.8 Å². The number of benzene rings is 2. The molecule has 10 nitrogen and oxygen atoms in total. The maximum atomic E-state index is 12.8. The first-order valence-electron chi connectivity index (χ1n) is 10.1. The van der Waals surface area contributed by atoms with E-state index >= 15 is 0 Å². The Labute approximate surface area is 192 Å². The lowest BCUT2D eigenvalue weighted by molar-refractivity contribution is 0.102. The summed E-state index contributed by atoms with van der Waals surface area (Å²) in [6, 6.07) is 12.9. The lowest BCUT2D eigenvalue weighted by Crippen LogP contribution is -2.18. The van der Waals surface area contributed by atoms with E-state index in [9.17, 15) is 13.2 Å². The van der Waals surface area contributed by atoms with Crippen LogP contribution in [0.1, 0.15) is 17.4 Å². The number of rotatable bonds is 10. The molecule has 3 rings (SSSR count). The van der Waals surface area contributed by atoms with Gasteiger partial charge in [-0.2, -0.15) is 0 Å². The summed E-state index contributed by atoms with van der Waals surface area (Å²) in [4.78, 5) is 21.3. The molecule has 33 heavy (non-hydrogen) atoms. The minimum atomic E-state index is -3.56. The molecule has 0 bridgehead atoms. The second kappa shape index (κ2) is 10.9. The summed E-state index contributed by atoms with van der Waals surface area (Å²) in [5.41, 5.74) is 7.28. The summed E-state index contributed by atoms with van der Waals surface area (Å²) >= 11 is 0. The van der Waals surface area contributed by atoms with Crippen molar-refractivity contribution in [1.29, 1.82) is 0 Å². The van der Waals surface area contributed by atoms with Crippen LogP contribution >= 0.6 is 0 Å². The maximum absolute atomic E-state index is 12.8. The first kappa shape index (κ1) is 24.1. The quantitative estimate of drug-likeness (QED) is 0.382. The second-order valence-corrected chi connectivity index (χ2v) is 8.63. The standard InChI is InChI=1S/C22H25N5O5S/c1-3-31-11-12-32-17-6-4-5-16(13-17)26-22(28)20-21(23)25-14-19(27-20)15-7-9-18(10-8-15)33(29,30)24-2/h4-10,13-14,24H,3,11-12H2,1-2H3,(H2,23,25)(H,26,28). The van der Waals surface area contributed by atoms with Crippen LogP contribution in [-0.4, -0.2) is 51.2 Å². The van der Waals surface area contributed by atoms with Crippen molar-refractivity contribution >= 4 is 27.4 Å². The summed E-state index contributed by atoms with van der Waals surface area (Å²) in [6.07, 6.45) is 1.42. The van der Waals surface area contributed by atoms with E-state index in [1.165, 1.54) is 25.4 Å². The summed E-state index contributed by atoms with van der Waals surface area (Å²) in [5.74, 6) is 0.00867. The van der Waals surface area contributed by atoms with E-state index in [-0.39, 0.29) is 16.4 Å². The topological polar surface area (TPSA) is 146 Å². The molecular weight excluding hydrogens is 446 g/mol. The largest absolute Gasteiger partial charge is 0.491 e. The van der Waals surface area contributed by atoms with Gasteiger partial charge in [0, 0.05) is 23.9 Å².